The number of carbonyl (C=O) groups is 2. The maximum absolute atomic E-state index is 12.3. The highest BCUT2D eigenvalue weighted by molar-refractivity contribution is 6.07. The molecule has 0 radical (unpaired) electrons. The zero-order chi connectivity index (χ0) is 17.1. The van der Waals surface area contributed by atoms with Crippen LogP contribution in [0.25, 0.3) is 11.3 Å². The zero-order valence-corrected chi connectivity index (χ0v) is 12.8. The van der Waals surface area contributed by atoms with Crippen LogP contribution in [0.3, 0.4) is 0 Å². The van der Waals surface area contributed by atoms with E-state index < -0.39 is 11.8 Å². The standard InChI is InChI=1S/C16H14N6O2/c1-9-3-2-4-10(5-9)11-6-18-7-13(20-11)16(24)21-12-8-19-22-14(12)15(17)23/h2-8H,1H3,(H2,17,23)(H,19,22)(H,21,24). The molecule has 0 aliphatic heterocycles. The third-order valence-corrected chi connectivity index (χ3v) is 3.31. The van der Waals surface area contributed by atoms with Gasteiger partial charge >= 0.3 is 0 Å². The molecular formula is C16H14N6O2. The number of H-pyrrole nitrogens is 1. The molecule has 4 N–H and O–H groups in total. The van der Waals surface area contributed by atoms with Gasteiger partial charge in [0.15, 0.2) is 0 Å². The summed E-state index contributed by atoms with van der Waals surface area (Å²) in [5, 5.41) is 8.66. The van der Waals surface area contributed by atoms with Gasteiger partial charge in [-0.1, -0.05) is 23.8 Å². The molecule has 0 atom stereocenters. The van der Waals surface area contributed by atoms with Crippen molar-refractivity contribution in [3.8, 4) is 11.3 Å². The molecule has 24 heavy (non-hydrogen) atoms. The van der Waals surface area contributed by atoms with Crippen LogP contribution in [0.15, 0.2) is 42.9 Å². The molecule has 2 amide bonds. The minimum Gasteiger partial charge on any atom is -0.364 e. The van der Waals surface area contributed by atoms with Crippen molar-refractivity contribution in [1.29, 1.82) is 0 Å². The van der Waals surface area contributed by atoms with Gasteiger partial charge in [-0.25, -0.2) is 4.98 Å². The van der Waals surface area contributed by atoms with E-state index >= 15 is 0 Å². The van der Waals surface area contributed by atoms with Crippen molar-refractivity contribution < 1.29 is 9.59 Å². The fourth-order valence-corrected chi connectivity index (χ4v) is 2.17. The van der Waals surface area contributed by atoms with Gasteiger partial charge in [-0.05, 0) is 13.0 Å². The summed E-state index contributed by atoms with van der Waals surface area (Å²) in [7, 11) is 0. The highest BCUT2D eigenvalue weighted by Gasteiger charge is 2.16. The van der Waals surface area contributed by atoms with Gasteiger partial charge in [-0.3, -0.25) is 19.7 Å². The van der Waals surface area contributed by atoms with E-state index in [0.717, 1.165) is 11.1 Å². The number of nitrogens with one attached hydrogen (secondary N) is 2. The monoisotopic (exact) mass is 322 g/mol. The van der Waals surface area contributed by atoms with Crippen LogP contribution in [-0.2, 0) is 0 Å². The molecule has 0 aliphatic carbocycles. The predicted octanol–water partition coefficient (Wildman–Crippen LogP) is 1.53. The number of primary amides is 1. The van der Waals surface area contributed by atoms with Crippen LogP contribution in [-0.4, -0.2) is 32.0 Å². The van der Waals surface area contributed by atoms with Gasteiger partial charge in [-0.2, -0.15) is 5.10 Å². The number of amides is 2. The lowest BCUT2D eigenvalue weighted by atomic mass is 10.1. The highest BCUT2D eigenvalue weighted by Crippen LogP contribution is 2.18. The van der Waals surface area contributed by atoms with Crippen molar-refractivity contribution in [1.82, 2.24) is 20.2 Å². The van der Waals surface area contributed by atoms with E-state index in [0.29, 0.717) is 5.69 Å². The summed E-state index contributed by atoms with van der Waals surface area (Å²) < 4.78 is 0. The molecular weight excluding hydrogens is 308 g/mol. The maximum Gasteiger partial charge on any atom is 0.275 e. The molecule has 120 valence electrons. The number of aromatic nitrogens is 4. The van der Waals surface area contributed by atoms with Crippen LogP contribution >= 0.6 is 0 Å². The van der Waals surface area contributed by atoms with Gasteiger partial charge in [-0.15, -0.1) is 0 Å². The second kappa shape index (κ2) is 6.29. The van der Waals surface area contributed by atoms with Crippen molar-refractivity contribution in [3.63, 3.8) is 0 Å². The summed E-state index contributed by atoms with van der Waals surface area (Å²) in [6.45, 7) is 1.97. The predicted molar refractivity (Wildman–Crippen MR) is 87.3 cm³/mol. The van der Waals surface area contributed by atoms with Crippen LogP contribution in [0, 0.1) is 6.92 Å². The van der Waals surface area contributed by atoms with Crippen molar-refractivity contribution in [2.75, 3.05) is 5.32 Å². The van der Waals surface area contributed by atoms with E-state index in [1.54, 1.807) is 6.20 Å². The Kier molecular flexibility index (Phi) is 4.02. The molecule has 0 fully saturated rings. The van der Waals surface area contributed by atoms with Crippen molar-refractivity contribution in [3.05, 3.63) is 59.8 Å². The molecule has 0 saturated heterocycles. The van der Waals surface area contributed by atoms with Crippen LogP contribution in [0.5, 0.6) is 0 Å². The van der Waals surface area contributed by atoms with Gasteiger partial charge in [0.1, 0.15) is 11.4 Å². The average Bonchev–Trinajstić information content (AvgIpc) is 3.03. The fourth-order valence-electron chi connectivity index (χ4n) is 2.17. The molecule has 1 aromatic carbocycles. The first-order valence-corrected chi connectivity index (χ1v) is 7.08. The smallest absolute Gasteiger partial charge is 0.275 e. The number of rotatable bonds is 4. The summed E-state index contributed by atoms with van der Waals surface area (Å²) in [4.78, 5) is 32.0. The number of hydrogen-bond donors (Lipinski definition) is 3. The minimum absolute atomic E-state index is 0.0196. The third-order valence-electron chi connectivity index (χ3n) is 3.31. The molecule has 3 rings (SSSR count). The molecule has 0 aliphatic rings. The van der Waals surface area contributed by atoms with Crippen LogP contribution in [0.1, 0.15) is 26.5 Å². The van der Waals surface area contributed by atoms with Crippen molar-refractivity contribution >= 4 is 17.5 Å². The number of benzene rings is 1. The molecule has 0 spiro atoms. The summed E-state index contributed by atoms with van der Waals surface area (Å²) in [6, 6.07) is 7.72. The van der Waals surface area contributed by atoms with Gasteiger partial charge < -0.3 is 11.1 Å². The highest BCUT2D eigenvalue weighted by atomic mass is 16.2. The number of nitrogens with zero attached hydrogens (tertiary/aromatic N) is 3. The maximum atomic E-state index is 12.3. The average molecular weight is 322 g/mol. The quantitative estimate of drug-likeness (QED) is 0.671. The Morgan fingerprint density at radius 1 is 1.21 bits per heavy atom. The number of carbonyl (C=O) groups excluding carboxylic acids is 2. The number of aromatic amines is 1. The second-order valence-electron chi connectivity index (χ2n) is 5.14. The first kappa shape index (κ1) is 15.3. The molecule has 8 heteroatoms. The van der Waals surface area contributed by atoms with Gasteiger partial charge in [0.2, 0.25) is 0 Å². The van der Waals surface area contributed by atoms with E-state index in [9.17, 15) is 9.59 Å². The van der Waals surface area contributed by atoms with Crippen molar-refractivity contribution in [2.24, 2.45) is 5.73 Å². The molecule has 3 aromatic rings. The molecule has 2 aromatic heterocycles. The molecule has 0 saturated carbocycles. The van der Waals surface area contributed by atoms with E-state index in [2.05, 4.69) is 25.5 Å². The first-order chi connectivity index (χ1) is 11.5. The normalized spacial score (nSPS) is 10.4. The van der Waals surface area contributed by atoms with Crippen LogP contribution in [0.4, 0.5) is 5.69 Å². The van der Waals surface area contributed by atoms with Crippen molar-refractivity contribution in [2.45, 2.75) is 6.92 Å². The number of hydrogen-bond acceptors (Lipinski definition) is 5. The summed E-state index contributed by atoms with van der Waals surface area (Å²) >= 11 is 0. The summed E-state index contributed by atoms with van der Waals surface area (Å²) in [5.74, 6) is -1.23. The lowest BCUT2D eigenvalue weighted by Gasteiger charge is -2.06. The van der Waals surface area contributed by atoms with E-state index in [1.807, 2.05) is 31.2 Å². The van der Waals surface area contributed by atoms with E-state index in [4.69, 9.17) is 5.73 Å². The lowest BCUT2D eigenvalue weighted by molar-refractivity contribution is 0.0996. The Balaban J connectivity index is 1.87. The van der Waals surface area contributed by atoms with E-state index in [1.165, 1.54) is 12.4 Å². The molecule has 8 nitrogen and oxygen atoms in total. The number of nitrogens with two attached hydrogens (primary N) is 1. The molecule has 2 heterocycles. The van der Waals surface area contributed by atoms with Gasteiger partial charge in [0.25, 0.3) is 11.8 Å². The van der Waals surface area contributed by atoms with Crippen LogP contribution in [0.2, 0.25) is 0 Å². The molecule has 0 bridgehead atoms. The first-order valence-electron chi connectivity index (χ1n) is 7.08. The van der Waals surface area contributed by atoms with Gasteiger partial charge in [0, 0.05) is 5.56 Å². The topological polar surface area (TPSA) is 127 Å². The summed E-state index contributed by atoms with van der Waals surface area (Å²) in [5.41, 5.74) is 8.04. The Labute approximate surface area is 137 Å². The SMILES string of the molecule is Cc1cccc(-c2cncc(C(=O)Nc3cn[nH]c3C(N)=O)n2)c1. The van der Waals surface area contributed by atoms with Crippen LogP contribution < -0.4 is 11.1 Å². The van der Waals surface area contributed by atoms with Gasteiger partial charge in [0.05, 0.1) is 30.0 Å². The number of anilines is 1. The Morgan fingerprint density at radius 2 is 2.04 bits per heavy atom. The lowest BCUT2D eigenvalue weighted by Crippen LogP contribution is -2.18. The molecule has 0 unspecified atom stereocenters. The Hall–Kier alpha value is -3.55. The fraction of sp³-hybridized carbons (Fsp3) is 0.0625. The third kappa shape index (κ3) is 3.12. The second-order valence-corrected chi connectivity index (χ2v) is 5.14. The minimum atomic E-state index is -0.720. The van der Waals surface area contributed by atoms with E-state index in [-0.39, 0.29) is 17.1 Å². The largest absolute Gasteiger partial charge is 0.364 e. The summed E-state index contributed by atoms with van der Waals surface area (Å²) in [6.07, 6.45) is 4.23. The Bertz CT molecular complexity index is 918. The number of aryl methyl sites for hydroxylation is 1. The zero-order valence-electron chi connectivity index (χ0n) is 12.8. The Morgan fingerprint density at radius 3 is 2.79 bits per heavy atom.